The van der Waals surface area contributed by atoms with E-state index in [1.807, 2.05) is 0 Å². The summed E-state index contributed by atoms with van der Waals surface area (Å²) in [5.41, 5.74) is 0.930. The second-order valence-corrected chi connectivity index (χ2v) is 6.78. The number of hydrogen-bond acceptors (Lipinski definition) is 8. The second-order valence-electron chi connectivity index (χ2n) is 6.00. The van der Waals surface area contributed by atoms with Gasteiger partial charge in [-0.25, -0.2) is 0 Å². The summed E-state index contributed by atoms with van der Waals surface area (Å²) in [4.78, 5) is 20.4. The van der Waals surface area contributed by atoms with Gasteiger partial charge in [0.1, 0.15) is 0 Å². The van der Waals surface area contributed by atoms with Crippen molar-refractivity contribution in [2.24, 2.45) is 5.92 Å². The molecule has 0 saturated carbocycles. The minimum atomic E-state index is -0.882. The van der Waals surface area contributed by atoms with Gasteiger partial charge in [0, 0.05) is 12.5 Å². The Kier molecular flexibility index (Phi) is 7.53. The molecule has 0 fully saturated rings. The molecule has 0 N–H and O–H groups in total. The van der Waals surface area contributed by atoms with E-state index in [1.54, 1.807) is 45.0 Å². The van der Waals surface area contributed by atoms with Crippen molar-refractivity contribution >= 4 is 34.8 Å². The molecule has 1 atom stereocenters. The van der Waals surface area contributed by atoms with E-state index in [9.17, 15) is 4.79 Å². The summed E-state index contributed by atoms with van der Waals surface area (Å²) in [6.07, 6.45) is -0.882. The lowest BCUT2D eigenvalue weighted by Gasteiger charge is -2.19. The van der Waals surface area contributed by atoms with Gasteiger partial charge in [0.2, 0.25) is 18.1 Å². The molecule has 1 heterocycles. The first-order valence-corrected chi connectivity index (χ1v) is 9.22. The maximum Gasteiger partial charge on any atom is 0.311 e. The van der Waals surface area contributed by atoms with Crippen molar-refractivity contribution in [3.05, 3.63) is 34.9 Å². The van der Waals surface area contributed by atoms with Gasteiger partial charge in [-0.15, -0.1) is 0 Å². The lowest BCUT2D eigenvalue weighted by atomic mass is 10.1. The van der Waals surface area contributed by atoms with Crippen LogP contribution in [0.5, 0.6) is 11.8 Å². The summed E-state index contributed by atoms with van der Waals surface area (Å²) in [7, 11) is 2.98. The number of nitrogens with zero attached hydrogens (tertiary/aromatic N) is 2. The predicted molar refractivity (Wildman–Crippen MR) is 109 cm³/mol. The lowest BCUT2D eigenvalue weighted by molar-refractivity contribution is -0.166. The molecule has 7 nitrogen and oxygen atoms in total. The normalized spacial score (nSPS) is 11.7. The van der Waals surface area contributed by atoms with E-state index in [2.05, 4.69) is 9.97 Å². The van der Waals surface area contributed by atoms with Crippen molar-refractivity contribution in [1.29, 1.82) is 0 Å². The Morgan fingerprint density at radius 2 is 1.68 bits per heavy atom. The molecule has 1 aromatic carbocycles. The third-order valence-corrected chi connectivity index (χ3v) is 4.20. The Hall–Kier alpha value is -2.45. The molecular formula is C19H21ClN2O5S. The molecule has 150 valence electrons. The monoisotopic (exact) mass is 424 g/mol. The lowest BCUT2D eigenvalue weighted by Crippen LogP contribution is -2.24. The van der Waals surface area contributed by atoms with Gasteiger partial charge in [-0.1, -0.05) is 37.6 Å². The molecule has 0 aliphatic heterocycles. The molecule has 0 spiro atoms. The van der Waals surface area contributed by atoms with Crippen LogP contribution in [0.25, 0.3) is 11.4 Å². The highest BCUT2D eigenvalue weighted by atomic mass is 35.5. The van der Waals surface area contributed by atoms with E-state index in [0.29, 0.717) is 33.7 Å². The quantitative estimate of drug-likeness (QED) is 0.374. The largest absolute Gasteiger partial charge is 0.481 e. The third-order valence-electron chi connectivity index (χ3n) is 3.58. The Morgan fingerprint density at radius 1 is 1.07 bits per heavy atom. The van der Waals surface area contributed by atoms with Crippen LogP contribution in [0.3, 0.4) is 0 Å². The molecule has 1 aromatic heterocycles. The average Bonchev–Trinajstić information content (AvgIpc) is 2.66. The number of halogens is 1. The molecular weight excluding hydrogens is 404 g/mol. The number of rotatable bonds is 7. The van der Waals surface area contributed by atoms with E-state index in [-0.39, 0.29) is 11.0 Å². The Labute approximate surface area is 173 Å². The van der Waals surface area contributed by atoms with Crippen molar-refractivity contribution in [3.63, 3.8) is 0 Å². The van der Waals surface area contributed by atoms with E-state index < -0.39 is 12.3 Å². The Balaban J connectivity index is 2.39. The molecule has 2 aromatic rings. The highest BCUT2D eigenvalue weighted by Gasteiger charge is 2.22. The molecule has 0 aliphatic rings. The summed E-state index contributed by atoms with van der Waals surface area (Å²) in [5, 5.41) is 0.394. The number of aromatic nitrogens is 2. The summed E-state index contributed by atoms with van der Waals surface area (Å²) in [6.45, 7) is 5.04. The van der Waals surface area contributed by atoms with Crippen molar-refractivity contribution in [2.75, 3.05) is 14.2 Å². The molecule has 28 heavy (non-hydrogen) atoms. The summed E-state index contributed by atoms with van der Waals surface area (Å²) in [6, 6.07) is 6.70. The molecule has 1 unspecified atom stereocenters. The highest BCUT2D eigenvalue weighted by Crippen LogP contribution is 2.31. The van der Waals surface area contributed by atoms with E-state index in [1.165, 1.54) is 14.2 Å². The number of carbonyl (C=O) groups excluding carboxylic acids is 1. The predicted octanol–water partition coefficient (Wildman–Crippen LogP) is 4.05. The van der Waals surface area contributed by atoms with Crippen molar-refractivity contribution in [1.82, 2.24) is 9.97 Å². The van der Waals surface area contributed by atoms with Gasteiger partial charge in [-0.2, -0.15) is 9.97 Å². The first kappa shape index (κ1) is 21.8. The van der Waals surface area contributed by atoms with Crippen LogP contribution < -0.4 is 9.47 Å². The number of esters is 1. The topological polar surface area (TPSA) is 79.8 Å². The summed E-state index contributed by atoms with van der Waals surface area (Å²) in [5.74, 6) is 0.257. The number of benzene rings is 1. The first-order valence-electron chi connectivity index (χ1n) is 8.44. The van der Waals surface area contributed by atoms with Gasteiger partial charge < -0.3 is 18.9 Å². The van der Waals surface area contributed by atoms with Gasteiger partial charge in [-0.05, 0) is 18.3 Å². The number of carbonyl (C=O) groups is 1. The van der Waals surface area contributed by atoms with Crippen molar-refractivity contribution < 1.29 is 23.7 Å². The summed E-state index contributed by atoms with van der Waals surface area (Å²) < 4.78 is 21.2. The van der Waals surface area contributed by atoms with Gasteiger partial charge >= 0.3 is 5.97 Å². The molecule has 0 amide bonds. The second kappa shape index (κ2) is 9.66. The number of ether oxygens (including phenoxy) is 4. The zero-order chi connectivity index (χ0) is 20.8. The minimum absolute atomic E-state index is 0.0510. The van der Waals surface area contributed by atoms with Crippen LogP contribution in [-0.4, -0.2) is 41.5 Å². The standard InChI is InChI=1S/C19H21ClN2O5S/c1-10(2)18(23)26-11(3)27-19(28)16-12(7-6-8-13(16)20)17-21-14(24-4)9-15(22-17)25-5/h6-11H,1-5H3. The highest BCUT2D eigenvalue weighted by molar-refractivity contribution is 7.80. The van der Waals surface area contributed by atoms with Crippen LogP contribution in [0.2, 0.25) is 5.02 Å². The van der Waals surface area contributed by atoms with Gasteiger partial charge in [0.15, 0.2) is 10.9 Å². The van der Waals surface area contributed by atoms with E-state index in [0.717, 1.165) is 0 Å². The fourth-order valence-corrected chi connectivity index (χ4v) is 2.86. The molecule has 0 aliphatic carbocycles. The average molecular weight is 425 g/mol. The van der Waals surface area contributed by atoms with E-state index >= 15 is 0 Å². The van der Waals surface area contributed by atoms with E-state index in [4.69, 9.17) is 42.8 Å². The van der Waals surface area contributed by atoms with Crippen LogP contribution in [0, 0.1) is 5.92 Å². The van der Waals surface area contributed by atoms with Gasteiger partial charge in [-0.3, -0.25) is 4.79 Å². The number of hydrogen-bond donors (Lipinski definition) is 0. The van der Waals surface area contributed by atoms with Gasteiger partial charge in [0.25, 0.3) is 0 Å². The zero-order valence-corrected chi connectivity index (χ0v) is 17.8. The zero-order valence-electron chi connectivity index (χ0n) is 16.2. The summed E-state index contributed by atoms with van der Waals surface area (Å²) >= 11 is 11.8. The maximum atomic E-state index is 11.7. The molecule has 0 radical (unpaired) electrons. The van der Waals surface area contributed by atoms with Crippen LogP contribution in [0.15, 0.2) is 24.3 Å². The SMILES string of the molecule is COc1cc(OC)nc(-c2cccc(Cl)c2C(=S)OC(C)OC(=O)C(C)C)n1. The molecule has 2 rings (SSSR count). The van der Waals surface area contributed by atoms with Crippen LogP contribution in [0.4, 0.5) is 0 Å². The first-order chi connectivity index (χ1) is 13.3. The van der Waals surface area contributed by atoms with Crippen molar-refractivity contribution in [2.45, 2.75) is 27.1 Å². The van der Waals surface area contributed by atoms with Gasteiger partial charge in [0.05, 0.1) is 36.8 Å². The molecule has 0 bridgehead atoms. The maximum absolute atomic E-state index is 11.7. The fraction of sp³-hybridized carbons (Fsp3) is 0.368. The Bertz CT molecular complexity index is 853. The Morgan fingerprint density at radius 3 is 2.21 bits per heavy atom. The number of thiocarbonyl (C=S) groups is 1. The fourth-order valence-electron chi connectivity index (χ4n) is 2.18. The van der Waals surface area contributed by atoms with Crippen LogP contribution >= 0.6 is 23.8 Å². The van der Waals surface area contributed by atoms with Crippen molar-refractivity contribution in [3.8, 4) is 23.1 Å². The third kappa shape index (κ3) is 5.30. The minimum Gasteiger partial charge on any atom is -0.481 e. The number of methoxy groups -OCH3 is 2. The molecule has 9 heteroatoms. The molecule has 0 saturated heterocycles. The van der Waals surface area contributed by atoms with Crippen LogP contribution in [-0.2, 0) is 14.3 Å². The smallest absolute Gasteiger partial charge is 0.311 e. The van der Waals surface area contributed by atoms with Crippen LogP contribution in [0.1, 0.15) is 26.3 Å².